The van der Waals surface area contributed by atoms with E-state index in [2.05, 4.69) is 6.58 Å². The molecule has 0 radical (unpaired) electrons. The highest BCUT2D eigenvalue weighted by Gasteiger charge is 2.14. The number of hydrogen-bond acceptors (Lipinski definition) is 4. The van der Waals surface area contributed by atoms with Crippen molar-refractivity contribution in [2.24, 2.45) is 0 Å². The van der Waals surface area contributed by atoms with Crippen LogP contribution in [0.2, 0.25) is 0 Å². The Morgan fingerprint density at radius 2 is 2.19 bits per heavy atom. The lowest BCUT2D eigenvalue weighted by atomic mass is 10.2. The van der Waals surface area contributed by atoms with E-state index in [1.807, 2.05) is 0 Å². The predicted molar refractivity (Wildman–Crippen MR) is 59.8 cm³/mol. The maximum Gasteiger partial charge on any atom is 0.383 e. The average Bonchev–Trinajstić information content (AvgIpc) is 2.29. The summed E-state index contributed by atoms with van der Waals surface area (Å²) in [4.78, 5) is 11.5. The second-order valence-corrected chi connectivity index (χ2v) is 3.16. The van der Waals surface area contributed by atoms with Crippen molar-refractivity contribution in [1.82, 2.24) is 0 Å². The molecule has 0 aliphatic heterocycles. The van der Waals surface area contributed by atoms with Crippen LogP contribution in [0, 0.1) is 0 Å². The highest BCUT2D eigenvalue weighted by molar-refractivity contribution is 5.84. The molecule has 2 rings (SSSR count). The summed E-state index contributed by atoms with van der Waals surface area (Å²) in [7, 11) is 0. The minimum Gasteiger partial charge on any atom is -0.504 e. The van der Waals surface area contributed by atoms with Gasteiger partial charge in [-0.3, -0.25) is 0 Å². The summed E-state index contributed by atoms with van der Waals surface area (Å²) in [5, 5.41) is 10.3. The second kappa shape index (κ2) is 4.10. The zero-order chi connectivity index (χ0) is 11.5. The van der Waals surface area contributed by atoms with Crippen molar-refractivity contribution in [3.8, 4) is 11.5 Å². The van der Waals surface area contributed by atoms with Crippen LogP contribution >= 0.6 is 0 Å². The van der Waals surface area contributed by atoms with Crippen LogP contribution in [-0.2, 0) is 0 Å². The molecule has 1 heterocycles. The molecule has 0 fully saturated rings. The van der Waals surface area contributed by atoms with Crippen molar-refractivity contribution in [3.05, 3.63) is 47.3 Å². The number of fused-ring (bicyclic) bond motifs is 1. The number of benzene rings is 1. The number of aromatic hydroxyl groups is 1. The highest BCUT2D eigenvalue weighted by atomic mass is 16.5. The van der Waals surface area contributed by atoms with Crippen LogP contribution in [0.3, 0.4) is 0 Å². The largest absolute Gasteiger partial charge is 0.504 e. The van der Waals surface area contributed by atoms with Crippen LogP contribution in [0.5, 0.6) is 11.5 Å². The van der Waals surface area contributed by atoms with Gasteiger partial charge in [-0.25, -0.2) is 4.79 Å². The standard InChI is InChI=1S/C12H10O4/c1-2-7-15-11-10(13)8-5-3-4-6-9(8)16-12(11)14/h2-6,13H,1,7H2. The summed E-state index contributed by atoms with van der Waals surface area (Å²) in [5.74, 6) is -0.382. The quantitative estimate of drug-likeness (QED) is 0.632. The molecular weight excluding hydrogens is 208 g/mol. The molecule has 0 bridgehead atoms. The van der Waals surface area contributed by atoms with Crippen molar-refractivity contribution in [2.75, 3.05) is 6.61 Å². The van der Waals surface area contributed by atoms with Crippen molar-refractivity contribution < 1.29 is 14.3 Å². The number of hydrogen-bond donors (Lipinski definition) is 1. The van der Waals surface area contributed by atoms with Gasteiger partial charge in [-0.05, 0) is 12.1 Å². The highest BCUT2D eigenvalue weighted by Crippen LogP contribution is 2.30. The topological polar surface area (TPSA) is 59.7 Å². The Kier molecular flexibility index (Phi) is 2.64. The minimum absolute atomic E-state index is 0.136. The van der Waals surface area contributed by atoms with Crippen LogP contribution in [0.4, 0.5) is 0 Å². The van der Waals surface area contributed by atoms with E-state index in [0.717, 1.165) is 0 Å². The van der Waals surface area contributed by atoms with Crippen LogP contribution < -0.4 is 10.4 Å². The SMILES string of the molecule is C=CCOc1c(O)c2ccccc2oc1=O. The molecule has 0 saturated carbocycles. The van der Waals surface area contributed by atoms with Gasteiger partial charge in [0.25, 0.3) is 0 Å². The molecule has 0 aliphatic carbocycles. The fourth-order valence-corrected chi connectivity index (χ4v) is 1.39. The fraction of sp³-hybridized carbons (Fsp3) is 0.0833. The van der Waals surface area contributed by atoms with E-state index in [-0.39, 0.29) is 18.1 Å². The lowest BCUT2D eigenvalue weighted by Crippen LogP contribution is -2.07. The van der Waals surface area contributed by atoms with Gasteiger partial charge in [0.1, 0.15) is 12.2 Å². The zero-order valence-electron chi connectivity index (χ0n) is 8.47. The van der Waals surface area contributed by atoms with E-state index < -0.39 is 5.63 Å². The van der Waals surface area contributed by atoms with Crippen LogP contribution in [0.1, 0.15) is 0 Å². The smallest absolute Gasteiger partial charge is 0.383 e. The lowest BCUT2D eigenvalue weighted by molar-refractivity contribution is 0.318. The Morgan fingerprint density at radius 1 is 1.44 bits per heavy atom. The maximum absolute atomic E-state index is 11.5. The maximum atomic E-state index is 11.5. The Balaban J connectivity index is 2.65. The van der Waals surface area contributed by atoms with Gasteiger partial charge in [0, 0.05) is 0 Å². The van der Waals surface area contributed by atoms with Gasteiger partial charge in [0.05, 0.1) is 5.39 Å². The summed E-state index contributed by atoms with van der Waals surface area (Å²) >= 11 is 0. The molecule has 0 amide bonds. The van der Waals surface area contributed by atoms with Gasteiger partial charge in [0.2, 0.25) is 5.75 Å². The molecule has 4 nitrogen and oxygen atoms in total. The molecule has 0 saturated heterocycles. The third kappa shape index (κ3) is 1.65. The predicted octanol–water partition coefficient (Wildman–Crippen LogP) is 2.06. The molecule has 1 aromatic heterocycles. The molecule has 2 aromatic rings. The molecule has 16 heavy (non-hydrogen) atoms. The van der Waals surface area contributed by atoms with E-state index >= 15 is 0 Å². The van der Waals surface area contributed by atoms with E-state index in [4.69, 9.17) is 9.15 Å². The van der Waals surface area contributed by atoms with Crippen molar-refractivity contribution in [3.63, 3.8) is 0 Å². The molecule has 0 atom stereocenters. The van der Waals surface area contributed by atoms with Gasteiger partial charge in [0.15, 0.2) is 5.75 Å². The van der Waals surface area contributed by atoms with E-state index in [0.29, 0.717) is 11.0 Å². The minimum atomic E-state index is -0.696. The summed E-state index contributed by atoms with van der Waals surface area (Å²) in [6, 6.07) is 6.70. The van der Waals surface area contributed by atoms with Crippen LogP contribution in [0.15, 0.2) is 46.1 Å². The van der Waals surface area contributed by atoms with Gasteiger partial charge >= 0.3 is 5.63 Å². The first-order valence-electron chi connectivity index (χ1n) is 4.72. The second-order valence-electron chi connectivity index (χ2n) is 3.16. The van der Waals surface area contributed by atoms with E-state index in [1.54, 1.807) is 24.3 Å². The molecular formula is C12H10O4. The van der Waals surface area contributed by atoms with Crippen LogP contribution in [0.25, 0.3) is 11.0 Å². The average molecular weight is 218 g/mol. The lowest BCUT2D eigenvalue weighted by Gasteiger charge is -2.05. The first-order valence-corrected chi connectivity index (χ1v) is 4.72. The molecule has 0 spiro atoms. The number of para-hydroxylation sites is 1. The third-order valence-corrected chi connectivity index (χ3v) is 2.09. The molecule has 1 aromatic carbocycles. The summed E-state index contributed by atoms with van der Waals surface area (Å²) in [6.45, 7) is 3.59. The Labute approximate surface area is 91.4 Å². The summed E-state index contributed by atoms with van der Waals surface area (Å²) in [6.07, 6.45) is 1.48. The molecule has 1 N–H and O–H groups in total. The van der Waals surface area contributed by atoms with E-state index in [9.17, 15) is 9.90 Å². The van der Waals surface area contributed by atoms with Crippen molar-refractivity contribution >= 4 is 11.0 Å². The summed E-state index contributed by atoms with van der Waals surface area (Å²) in [5.41, 5.74) is -0.367. The molecule has 0 aliphatic rings. The Bertz CT molecular complexity index is 583. The molecule has 0 unspecified atom stereocenters. The summed E-state index contributed by atoms with van der Waals surface area (Å²) < 4.78 is 10.0. The van der Waals surface area contributed by atoms with Gasteiger partial charge < -0.3 is 14.3 Å². The molecule has 82 valence electrons. The van der Waals surface area contributed by atoms with Gasteiger partial charge in [-0.15, -0.1) is 0 Å². The first kappa shape index (κ1) is 10.3. The fourth-order valence-electron chi connectivity index (χ4n) is 1.39. The van der Waals surface area contributed by atoms with Gasteiger partial charge in [-0.2, -0.15) is 0 Å². The third-order valence-electron chi connectivity index (χ3n) is 2.09. The number of rotatable bonds is 3. The monoisotopic (exact) mass is 218 g/mol. The Morgan fingerprint density at radius 3 is 2.94 bits per heavy atom. The van der Waals surface area contributed by atoms with E-state index in [1.165, 1.54) is 6.08 Å². The molecule has 4 heteroatoms. The van der Waals surface area contributed by atoms with Crippen molar-refractivity contribution in [1.29, 1.82) is 0 Å². The number of ether oxygens (including phenoxy) is 1. The normalized spacial score (nSPS) is 10.2. The van der Waals surface area contributed by atoms with Crippen molar-refractivity contribution in [2.45, 2.75) is 0 Å². The Hall–Kier alpha value is -2.23. The van der Waals surface area contributed by atoms with Crippen LogP contribution in [-0.4, -0.2) is 11.7 Å². The van der Waals surface area contributed by atoms with Gasteiger partial charge in [-0.1, -0.05) is 24.8 Å². The first-order chi connectivity index (χ1) is 7.74. The zero-order valence-corrected chi connectivity index (χ0v) is 8.47.